The third kappa shape index (κ3) is 5.24. The summed E-state index contributed by atoms with van der Waals surface area (Å²) in [6.07, 6.45) is -0.651. The van der Waals surface area contributed by atoms with Crippen LogP contribution in [0.25, 0.3) is 0 Å². The number of rotatable bonds is 5. The Hall–Kier alpha value is -0.990. The van der Waals surface area contributed by atoms with Crippen LogP contribution in [0, 0.1) is 11.8 Å². The van der Waals surface area contributed by atoms with Gasteiger partial charge in [0.15, 0.2) is 0 Å². The minimum Gasteiger partial charge on any atom is -0.394 e. The van der Waals surface area contributed by atoms with Gasteiger partial charge in [-0.15, -0.1) is 0 Å². The highest BCUT2D eigenvalue weighted by molar-refractivity contribution is 7.98. The summed E-state index contributed by atoms with van der Waals surface area (Å²) in [7, 11) is 0. The highest BCUT2D eigenvalue weighted by Gasteiger charge is 2.03. The molecule has 0 spiro atoms. The summed E-state index contributed by atoms with van der Waals surface area (Å²) in [5, 5.41) is 17.9. The van der Waals surface area contributed by atoms with Gasteiger partial charge in [-0.2, -0.15) is 11.8 Å². The molecule has 17 heavy (non-hydrogen) atoms. The summed E-state index contributed by atoms with van der Waals surface area (Å²) in [4.78, 5) is 0. The van der Waals surface area contributed by atoms with E-state index in [1.807, 2.05) is 24.3 Å². The van der Waals surface area contributed by atoms with Crippen molar-refractivity contribution >= 4 is 11.8 Å². The molecule has 0 radical (unpaired) electrons. The smallest absolute Gasteiger partial charge is 0.0861 e. The lowest BCUT2D eigenvalue weighted by molar-refractivity contribution is 0.113. The molecule has 3 nitrogen and oxygen atoms in total. The van der Waals surface area contributed by atoms with Gasteiger partial charge in [-0.05, 0) is 11.6 Å². The van der Waals surface area contributed by atoms with E-state index in [1.165, 1.54) is 0 Å². The van der Waals surface area contributed by atoms with Crippen molar-refractivity contribution in [3.05, 3.63) is 35.4 Å². The van der Waals surface area contributed by atoms with Crippen LogP contribution in [-0.2, 0) is 5.75 Å². The van der Waals surface area contributed by atoms with E-state index >= 15 is 0 Å². The van der Waals surface area contributed by atoms with Crippen molar-refractivity contribution in [2.45, 2.75) is 11.9 Å². The van der Waals surface area contributed by atoms with Gasteiger partial charge in [-0.3, -0.25) is 0 Å². The van der Waals surface area contributed by atoms with Crippen LogP contribution in [0.5, 0.6) is 0 Å². The third-order valence-electron chi connectivity index (χ3n) is 2.12. The molecule has 1 aromatic carbocycles. The summed E-state index contributed by atoms with van der Waals surface area (Å²) in [6, 6.07) is 7.88. The standard InChI is InChI=1S/C13H17NO2S/c14-7-3-6-11-4-1-2-5-12(11)9-17-10-13(16)8-15/h1-2,4-5,13,15-16H,7-10,14H2. The van der Waals surface area contributed by atoms with Crippen LogP contribution in [0.4, 0.5) is 0 Å². The Bertz CT molecular complexity index is 398. The van der Waals surface area contributed by atoms with Crippen LogP contribution in [0.15, 0.2) is 24.3 Å². The average molecular weight is 251 g/mol. The number of hydrogen-bond acceptors (Lipinski definition) is 4. The first kappa shape index (κ1) is 14.1. The molecule has 0 aromatic heterocycles. The van der Waals surface area contributed by atoms with Gasteiger partial charge in [0, 0.05) is 17.1 Å². The molecular formula is C13H17NO2S. The zero-order valence-electron chi connectivity index (χ0n) is 9.60. The van der Waals surface area contributed by atoms with Gasteiger partial charge >= 0.3 is 0 Å². The Balaban J connectivity index is 2.58. The van der Waals surface area contributed by atoms with Crippen molar-refractivity contribution in [1.29, 1.82) is 0 Å². The maximum atomic E-state index is 9.23. The molecule has 0 heterocycles. The number of aliphatic hydroxyl groups is 2. The van der Waals surface area contributed by atoms with Crippen LogP contribution < -0.4 is 5.73 Å². The molecule has 0 saturated carbocycles. The van der Waals surface area contributed by atoms with E-state index < -0.39 is 6.10 Å². The molecule has 0 saturated heterocycles. The van der Waals surface area contributed by atoms with Gasteiger partial charge in [-0.25, -0.2) is 0 Å². The second-order valence-corrected chi connectivity index (χ2v) is 4.54. The topological polar surface area (TPSA) is 66.5 Å². The van der Waals surface area contributed by atoms with E-state index in [9.17, 15) is 5.11 Å². The van der Waals surface area contributed by atoms with Gasteiger partial charge in [0.05, 0.1) is 19.3 Å². The average Bonchev–Trinajstić information content (AvgIpc) is 2.37. The van der Waals surface area contributed by atoms with E-state index in [1.54, 1.807) is 11.8 Å². The number of aliphatic hydroxyl groups excluding tert-OH is 2. The Labute approximate surface area is 106 Å². The van der Waals surface area contributed by atoms with Gasteiger partial charge < -0.3 is 15.9 Å². The lowest BCUT2D eigenvalue weighted by Gasteiger charge is -2.07. The fraction of sp³-hybridized carbons (Fsp3) is 0.385. The molecule has 92 valence electrons. The quantitative estimate of drug-likeness (QED) is 0.670. The van der Waals surface area contributed by atoms with Crippen LogP contribution in [-0.4, -0.2) is 35.2 Å². The van der Waals surface area contributed by atoms with Gasteiger partial charge in [0.1, 0.15) is 0 Å². The van der Waals surface area contributed by atoms with Crippen LogP contribution in [0.2, 0.25) is 0 Å². The van der Waals surface area contributed by atoms with Gasteiger partial charge in [-0.1, -0.05) is 30.0 Å². The third-order valence-corrected chi connectivity index (χ3v) is 3.26. The largest absolute Gasteiger partial charge is 0.394 e. The first-order valence-corrected chi connectivity index (χ1v) is 6.57. The van der Waals surface area contributed by atoms with Crippen LogP contribution in [0.1, 0.15) is 11.1 Å². The summed E-state index contributed by atoms with van der Waals surface area (Å²) in [5.41, 5.74) is 7.45. The minimum absolute atomic E-state index is 0.193. The first-order chi connectivity index (χ1) is 8.27. The summed E-state index contributed by atoms with van der Waals surface area (Å²) in [5.74, 6) is 7.15. The zero-order chi connectivity index (χ0) is 12.5. The van der Waals surface area contributed by atoms with Crippen molar-refractivity contribution < 1.29 is 10.2 Å². The predicted octanol–water partition coefficient (Wildman–Crippen LogP) is 0.583. The molecular weight excluding hydrogens is 234 g/mol. The van der Waals surface area contributed by atoms with Crippen molar-refractivity contribution in [3.63, 3.8) is 0 Å². The Kier molecular flexibility index (Phi) is 6.75. The van der Waals surface area contributed by atoms with Gasteiger partial charge in [0.25, 0.3) is 0 Å². The molecule has 0 aliphatic rings. The van der Waals surface area contributed by atoms with Crippen molar-refractivity contribution in [1.82, 2.24) is 0 Å². The number of hydrogen-bond donors (Lipinski definition) is 3. The lowest BCUT2D eigenvalue weighted by Crippen LogP contribution is -2.14. The zero-order valence-corrected chi connectivity index (χ0v) is 10.4. The van der Waals surface area contributed by atoms with E-state index in [0.29, 0.717) is 12.3 Å². The number of nitrogens with two attached hydrogens (primary N) is 1. The highest BCUT2D eigenvalue weighted by atomic mass is 32.2. The van der Waals surface area contributed by atoms with Crippen LogP contribution in [0.3, 0.4) is 0 Å². The van der Waals surface area contributed by atoms with Crippen LogP contribution >= 0.6 is 11.8 Å². The molecule has 1 atom stereocenters. The molecule has 1 aromatic rings. The summed E-state index contributed by atoms with van der Waals surface area (Å²) in [6.45, 7) is 0.159. The number of benzene rings is 1. The second-order valence-electron chi connectivity index (χ2n) is 3.51. The highest BCUT2D eigenvalue weighted by Crippen LogP contribution is 2.16. The maximum absolute atomic E-state index is 9.23. The fourth-order valence-corrected chi connectivity index (χ4v) is 2.24. The van der Waals surface area contributed by atoms with Crippen molar-refractivity contribution in [2.24, 2.45) is 5.73 Å². The monoisotopic (exact) mass is 251 g/mol. The second kappa shape index (κ2) is 8.15. The molecule has 0 aliphatic heterocycles. The molecule has 4 N–H and O–H groups in total. The van der Waals surface area contributed by atoms with E-state index in [-0.39, 0.29) is 6.61 Å². The van der Waals surface area contributed by atoms with E-state index in [2.05, 4.69) is 11.8 Å². The normalized spacial score (nSPS) is 11.7. The molecule has 0 fully saturated rings. The van der Waals surface area contributed by atoms with Crippen molar-refractivity contribution in [3.8, 4) is 11.8 Å². The molecule has 1 rings (SSSR count). The minimum atomic E-state index is -0.651. The lowest BCUT2D eigenvalue weighted by atomic mass is 10.1. The summed E-state index contributed by atoms with van der Waals surface area (Å²) < 4.78 is 0. The van der Waals surface area contributed by atoms with E-state index in [0.717, 1.165) is 16.9 Å². The molecule has 4 heteroatoms. The predicted molar refractivity (Wildman–Crippen MR) is 71.6 cm³/mol. The molecule has 0 aliphatic carbocycles. The SMILES string of the molecule is NCC#Cc1ccccc1CSCC(O)CO. The Morgan fingerprint density at radius 3 is 2.82 bits per heavy atom. The molecule has 0 amide bonds. The summed E-state index contributed by atoms with van der Waals surface area (Å²) >= 11 is 1.58. The Morgan fingerprint density at radius 2 is 2.12 bits per heavy atom. The van der Waals surface area contributed by atoms with E-state index in [4.69, 9.17) is 10.8 Å². The fourth-order valence-electron chi connectivity index (χ4n) is 1.27. The maximum Gasteiger partial charge on any atom is 0.0861 e. The molecule has 0 bridgehead atoms. The Morgan fingerprint density at radius 1 is 1.35 bits per heavy atom. The van der Waals surface area contributed by atoms with Crippen molar-refractivity contribution in [2.75, 3.05) is 18.9 Å². The molecule has 1 unspecified atom stereocenters. The first-order valence-electron chi connectivity index (χ1n) is 5.41. The van der Waals surface area contributed by atoms with Gasteiger partial charge in [0.2, 0.25) is 0 Å². The number of thioether (sulfide) groups is 1.